The van der Waals surface area contributed by atoms with Gasteiger partial charge in [-0.25, -0.2) is 5.43 Å². The van der Waals surface area contributed by atoms with E-state index < -0.39 is 5.41 Å². The molecule has 0 spiro atoms. The highest BCUT2D eigenvalue weighted by Crippen LogP contribution is 2.53. The predicted molar refractivity (Wildman–Crippen MR) is 169 cm³/mol. The molecule has 5 N–H and O–H groups in total. The topological polar surface area (TPSA) is 138 Å². The smallest absolute Gasteiger partial charge is 0.251 e. The number of fused-ring (bicyclic) bond motifs is 3. The fraction of sp³-hybridized carbons (Fsp3) is 0.471. The van der Waals surface area contributed by atoms with E-state index in [1.54, 1.807) is 25.1 Å². The van der Waals surface area contributed by atoms with Crippen LogP contribution in [0.3, 0.4) is 0 Å². The number of hydrogen-bond acceptors (Lipinski definition) is 7. The number of nitrogens with zero attached hydrogens (tertiary/aromatic N) is 2. The van der Waals surface area contributed by atoms with E-state index in [0.29, 0.717) is 36.7 Å². The average molecular weight is 598 g/mol. The monoisotopic (exact) mass is 597 g/mol. The Morgan fingerprint density at radius 3 is 2.27 bits per heavy atom. The summed E-state index contributed by atoms with van der Waals surface area (Å²) in [4.78, 5) is 42.1. The summed E-state index contributed by atoms with van der Waals surface area (Å²) < 4.78 is 0. The summed E-state index contributed by atoms with van der Waals surface area (Å²) in [7, 11) is 5.09. The second kappa shape index (κ2) is 12.4. The van der Waals surface area contributed by atoms with E-state index in [1.165, 1.54) is 0 Å². The van der Waals surface area contributed by atoms with Gasteiger partial charge >= 0.3 is 0 Å². The summed E-state index contributed by atoms with van der Waals surface area (Å²) >= 11 is 0. The lowest BCUT2D eigenvalue weighted by Gasteiger charge is -2.37. The predicted octanol–water partition coefficient (Wildman–Crippen LogP) is 2.00. The molecule has 1 heterocycles. The Morgan fingerprint density at radius 1 is 1.05 bits per heavy atom. The normalized spacial score (nSPS) is 25.3. The fourth-order valence-corrected chi connectivity index (χ4v) is 7.50. The summed E-state index contributed by atoms with van der Waals surface area (Å²) in [5.41, 5.74) is 10.5. The zero-order chi connectivity index (χ0) is 31.8. The lowest BCUT2D eigenvalue weighted by molar-refractivity contribution is -0.131. The molecule has 6 atom stereocenters. The lowest BCUT2D eigenvalue weighted by Crippen LogP contribution is -2.53. The van der Waals surface area contributed by atoms with Crippen molar-refractivity contribution in [1.82, 2.24) is 31.7 Å². The van der Waals surface area contributed by atoms with Crippen LogP contribution in [0, 0.1) is 23.2 Å². The van der Waals surface area contributed by atoms with Gasteiger partial charge in [-0.05, 0) is 90.5 Å². The highest BCUT2D eigenvalue weighted by molar-refractivity contribution is 5.96. The molecule has 1 saturated heterocycles. The molecule has 5 rings (SSSR count). The molecule has 0 aromatic heterocycles. The first-order valence-electron chi connectivity index (χ1n) is 15.4. The third kappa shape index (κ3) is 5.35. The van der Waals surface area contributed by atoms with Crippen LogP contribution in [0.5, 0.6) is 0 Å². The van der Waals surface area contributed by atoms with Crippen molar-refractivity contribution in [2.24, 2.45) is 11.8 Å². The number of rotatable bonds is 10. The number of carbonyl (C=O) groups is 3. The maximum atomic E-state index is 14.4. The molecule has 0 bridgehead atoms. The van der Waals surface area contributed by atoms with Crippen molar-refractivity contribution in [3.63, 3.8) is 0 Å². The van der Waals surface area contributed by atoms with Gasteiger partial charge in [-0.15, -0.1) is 0 Å². The van der Waals surface area contributed by atoms with Gasteiger partial charge in [-0.3, -0.25) is 19.8 Å². The number of hydrogen-bond donors (Lipinski definition) is 5. The van der Waals surface area contributed by atoms with Gasteiger partial charge in [0.1, 0.15) is 11.5 Å². The van der Waals surface area contributed by atoms with Crippen LogP contribution in [0.15, 0.2) is 43.0 Å². The van der Waals surface area contributed by atoms with E-state index in [1.807, 2.05) is 38.2 Å². The molecular formula is C34H43N7O3. The maximum absolute atomic E-state index is 14.4. The van der Waals surface area contributed by atoms with Gasteiger partial charge in [-0.2, -0.15) is 5.26 Å². The van der Waals surface area contributed by atoms with Crippen LogP contribution in [0.4, 0.5) is 0 Å². The molecular weight excluding hydrogens is 554 g/mol. The molecule has 10 heteroatoms. The first-order valence-corrected chi connectivity index (χ1v) is 15.4. The van der Waals surface area contributed by atoms with Crippen molar-refractivity contribution < 1.29 is 14.4 Å². The van der Waals surface area contributed by atoms with Crippen molar-refractivity contribution in [2.45, 2.75) is 63.1 Å². The summed E-state index contributed by atoms with van der Waals surface area (Å²) in [5.74, 6) is 0.344. The zero-order valence-corrected chi connectivity index (χ0v) is 26.2. The minimum absolute atomic E-state index is 0.0786. The Labute approximate surface area is 259 Å². The number of amides is 3. The number of carbonyl (C=O) groups excluding carboxylic acids is 3. The van der Waals surface area contributed by atoms with Crippen molar-refractivity contribution >= 4 is 23.4 Å². The molecule has 2 fully saturated rings. The van der Waals surface area contributed by atoms with Crippen molar-refractivity contribution in [1.29, 1.82) is 5.26 Å². The second-order valence-corrected chi connectivity index (χ2v) is 12.3. The minimum atomic E-state index is -1.14. The SMILES string of the molecule is C=C(NC)c1ccc2c(c1)CCc1cc(C(=O)NC)ccc1C2(C[C@@H](C)NCC(=O)N1C(C#N)C[C@@H]2[C@H](C)[C@@H]21)C(=O)NNC. The molecule has 2 unspecified atom stereocenters. The molecule has 2 aromatic rings. The first kappa shape index (κ1) is 31.2. The Kier molecular flexibility index (Phi) is 8.82. The number of aryl methyl sites for hydroxylation is 2. The Hall–Kier alpha value is -4.20. The largest absolute Gasteiger partial charge is 0.388 e. The molecule has 232 valence electrons. The van der Waals surface area contributed by atoms with Gasteiger partial charge in [0.25, 0.3) is 5.91 Å². The first-order chi connectivity index (χ1) is 21.1. The molecule has 3 amide bonds. The minimum Gasteiger partial charge on any atom is -0.388 e. The van der Waals surface area contributed by atoms with Gasteiger partial charge in [0.15, 0.2) is 0 Å². The molecule has 10 nitrogen and oxygen atoms in total. The highest BCUT2D eigenvalue weighted by Gasteiger charge is 2.60. The molecule has 2 aromatic carbocycles. The van der Waals surface area contributed by atoms with Gasteiger partial charge in [0.05, 0.1) is 12.6 Å². The van der Waals surface area contributed by atoms with Crippen LogP contribution in [0.2, 0.25) is 0 Å². The Bertz CT molecular complexity index is 1460. The number of nitriles is 1. The van der Waals surface area contributed by atoms with Crippen LogP contribution in [0.25, 0.3) is 5.70 Å². The lowest BCUT2D eigenvalue weighted by atomic mass is 9.67. The van der Waals surface area contributed by atoms with E-state index in [2.05, 4.69) is 52.4 Å². The Morgan fingerprint density at radius 2 is 1.68 bits per heavy atom. The molecule has 44 heavy (non-hydrogen) atoms. The molecule has 0 radical (unpaired) electrons. The van der Waals surface area contributed by atoms with Gasteiger partial charge in [-0.1, -0.05) is 31.7 Å². The molecule has 1 saturated carbocycles. The number of benzene rings is 2. The molecule has 2 aliphatic carbocycles. The quantitative estimate of drug-likeness (QED) is 0.264. The van der Waals surface area contributed by atoms with Crippen molar-refractivity contribution in [3.05, 3.63) is 76.4 Å². The van der Waals surface area contributed by atoms with Crippen LogP contribution >= 0.6 is 0 Å². The zero-order valence-electron chi connectivity index (χ0n) is 26.2. The van der Waals surface area contributed by atoms with Crippen LogP contribution in [0.1, 0.15) is 64.9 Å². The van der Waals surface area contributed by atoms with E-state index in [-0.39, 0.29) is 42.4 Å². The summed E-state index contributed by atoms with van der Waals surface area (Å²) in [6, 6.07) is 13.4. The number of likely N-dealkylation sites (tertiary alicyclic amines) is 1. The van der Waals surface area contributed by atoms with Crippen LogP contribution in [-0.2, 0) is 27.8 Å². The van der Waals surface area contributed by atoms with Crippen molar-refractivity contribution in [2.75, 3.05) is 27.7 Å². The standard InChI is InChI=1S/C34H43N7O3/c1-19(39-18-30(42)41-26(17-35)15-27-20(2)31(27)41)16-34(33(44)40-38-6)28-11-9-22(21(3)36-4)13-23(28)7-8-24-14-25(32(43)37-5)10-12-29(24)34/h9-14,19-20,26-27,31,36,38-39H,3,7-8,15-16,18H2,1-2,4-6H3,(H,37,43)(H,40,44)/t19-,20+,26?,27-,31+,34?/m1/s1. The summed E-state index contributed by atoms with van der Waals surface area (Å²) in [6.45, 7) is 8.33. The average Bonchev–Trinajstić information content (AvgIpc) is 3.51. The highest BCUT2D eigenvalue weighted by atomic mass is 16.2. The number of piperidine rings is 1. The van der Waals surface area contributed by atoms with E-state index in [0.717, 1.165) is 39.9 Å². The van der Waals surface area contributed by atoms with E-state index >= 15 is 0 Å². The third-order valence-corrected chi connectivity index (χ3v) is 9.87. The van der Waals surface area contributed by atoms with Crippen LogP contribution < -0.4 is 26.8 Å². The summed E-state index contributed by atoms with van der Waals surface area (Å²) in [5, 5.41) is 18.9. The molecule has 1 aliphatic heterocycles. The molecule has 3 aliphatic rings. The summed E-state index contributed by atoms with van der Waals surface area (Å²) in [6.07, 6.45) is 2.40. The Balaban J connectivity index is 1.54. The van der Waals surface area contributed by atoms with E-state index in [9.17, 15) is 19.6 Å². The van der Waals surface area contributed by atoms with E-state index in [4.69, 9.17) is 0 Å². The van der Waals surface area contributed by atoms with Crippen LogP contribution in [-0.4, -0.2) is 68.4 Å². The second-order valence-electron chi connectivity index (χ2n) is 12.3. The van der Waals surface area contributed by atoms with Gasteiger partial charge in [0, 0.05) is 44.5 Å². The number of hydrazine groups is 1. The van der Waals surface area contributed by atoms with Crippen molar-refractivity contribution in [3.8, 4) is 6.07 Å². The van der Waals surface area contributed by atoms with Gasteiger partial charge in [0.2, 0.25) is 11.8 Å². The number of nitrogens with one attached hydrogen (secondary N) is 5. The maximum Gasteiger partial charge on any atom is 0.251 e. The fourth-order valence-electron chi connectivity index (χ4n) is 7.50. The van der Waals surface area contributed by atoms with Gasteiger partial charge < -0.3 is 20.9 Å². The third-order valence-electron chi connectivity index (χ3n) is 9.87.